The molecule has 82 valence electrons. The summed E-state index contributed by atoms with van der Waals surface area (Å²) in [6.07, 6.45) is 4.39. The van der Waals surface area contributed by atoms with Gasteiger partial charge in [0, 0.05) is 12.7 Å². The molecule has 0 spiro atoms. The van der Waals surface area contributed by atoms with Gasteiger partial charge < -0.3 is 11.1 Å². The molecule has 1 heterocycles. The van der Waals surface area contributed by atoms with E-state index in [2.05, 4.69) is 30.2 Å². The van der Waals surface area contributed by atoms with Gasteiger partial charge in [-0.3, -0.25) is 0 Å². The van der Waals surface area contributed by atoms with E-state index in [-0.39, 0.29) is 5.54 Å². The molecule has 2 rings (SSSR count). The van der Waals surface area contributed by atoms with E-state index >= 15 is 0 Å². The second kappa shape index (κ2) is 3.81. The van der Waals surface area contributed by atoms with Crippen LogP contribution in [0.15, 0.2) is 18.3 Å². The first-order valence-corrected chi connectivity index (χ1v) is 5.55. The zero-order chi connectivity index (χ0) is 10.9. The molecule has 0 radical (unpaired) electrons. The summed E-state index contributed by atoms with van der Waals surface area (Å²) in [4.78, 5) is 4.35. The van der Waals surface area contributed by atoms with Gasteiger partial charge in [0.25, 0.3) is 0 Å². The molecule has 0 saturated heterocycles. The molecule has 0 aliphatic heterocycles. The molecule has 1 aromatic rings. The van der Waals surface area contributed by atoms with Crippen LogP contribution in [-0.2, 0) is 0 Å². The van der Waals surface area contributed by atoms with Gasteiger partial charge in [-0.1, -0.05) is 6.07 Å². The van der Waals surface area contributed by atoms with Crippen LogP contribution in [0.1, 0.15) is 25.3 Å². The van der Waals surface area contributed by atoms with Crippen LogP contribution in [0.3, 0.4) is 0 Å². The lowest BCUT2D eigenvalue weighted by Gasteiger charge is -2.30. The molecule has 3 heteroatoms. The Morgan fingerprint density at radius 3 is 2.87 bits per heavy atom. The highest BCUT2D eigenvalue weighted by atomic mass is 15.1. The maximum absolute atomic E-state index is 5.86. The topological polar surface area (TPSA) is 50.9 Å². The van der Waals surface area contributed by atoms with Crippen molar-refractivity contribution in [2.75, 3.05) is 11.9 Å². The van der Waals surface area contributed by atoms with E-state index in [1.165, 1.54) is 18.4 Å². The Morgan fingerprint density at radius 1 is 1.60 bits per heavy atom. The van der Waals surface area contributed by atoms with Gasteiger partial charge in [-0.25, -0.2) is 4.98 Å². The van der Waals surface area contributed by atoms with Crippen LogP contribution in [0, 0.1) is 12.8 Å². The first kappa shape index (κ1) is 10.4. The summed E-state index contributed by atoms with van der Waals surface area (Å²) in [7, 11) is 0. The third-order valence-corrected chi connectivity index (χ3v) is 3.32. The van der Waals surface area contributed by atoms with Crippen LogP contribution in [0.2, 0.25) is 0 Å². The van der Waals surface area contributed by atoms with Crippen LogP contribution in [0.4, 0.5) is 5.82 Å². The summed E-state index contributed by atoms with van der Waals surface area (Å²) in [6.45, 7) is 4.92. The molecule has 1 aliphatic carbocycles. The normalized spacial score (nSPS) is 19.7. The second-order valence-electron chi connectivity index (χ2n) is 4.69. The third-order valence-electron chi connectivity index (χ3n) is 3.32. The fourth-order valence-corrected chi connectivity index (χ4v) is 1.93. The maximum Gasteiger partial charge on any atom is 0.129 e. The third kappa shape index (κ3) is 2.12. The van der Waals surface area contributed by atoms with Crippen LogP contribution >= 0.6 is 0 Å². The predicted octanol–water partition coefficient (Wildman–Crippen LogP) is 1.93. The monoisotopic (exact) mass is 205 g/mol. The number of nitrogens with one attached hydrogen (secondary N) is 1. The van der Waals surface area contributed by atoms with Crippen LogP contribution in [-0.4, -0.2) is 17.1 Å². The highest BCUT2D eigenvalue weighted by Gasteiger charge is 2.40. The molecule has 3 nitrogen and oxygen atoms in total. The zero-order valence-electron chi connectivity index (χ0n) is 9.46. The van der Waals surface area contributed by atoms with Gasteiger partial charge in [0.1, 0.15) is 5.82 Å². The van der Waals surface area contributed by atoms with Crippen molar-refractivity contribution in [1.82, 2.24) is 4.98 Å². The van der Waals surface area contributed by atoms with Gasteiger partial charge in [0.2, 0.25) is 0 Å². The van der Waals surface area contributed by atoms with Crippen molar-refractivity contribution in [3.8, 4) is 0 Å². The standard InChI is InChI=1S/C12H19N3/c1-9-4-3-7-14-11(9)15-12(2,8-13)10-5-6-10/h3-4,7,10H,5-6,8,13H2,1-2H3,(H,14,15). The summed E-state index contributed by atoms with van der Waals surface area (Å²) in [6, 6.07) is 4.02. The Hall–Kier alpha value is -1.09. The number of rotatable bonds is 4. The number of hydrogen-bond acceptors (Lipinski definition) is 3. The lowest BCUT2D eigenvalue weighted by molar-refractivity contribution is 0.457. The first-order valence-electron chi connectivity index (χ1n) is 5.55. The number of nitrogens with zero attached hydrogens (tertiary/aromatic N) is 1. The second-order valence-corrected chi connectivity index (χ2v) is 4.69. The number of aryl methyl sites for hydroxylation is 1. The molecule has 0 aromatic carbocycles. The molecule has 1 unspecified atom stereocenters. The number of pyridine rings is 1. The molecule has 1 aliphatic rings. The van der Waals surface area contributed by atoms with E-state index in [4.69, 9.17) is 5.73 Å². The van der Waals surface area contributed by atoms with Gasteiger partial charge in [-0.15, -0.1) is 0 Å². The summed E-state index contributed by atoms with van der Waals surface area (Å²) in [5, 5.41) is 3.50. The van der Waals surface area contributed by atoms with Crippen molar-refractivity contribution >= 4 is 5.82 Å². The van der Waals surface area contributed by atoms with E-state index in [1.807, 2.05) is 12.3 Å². The van der Waals surface area contributed by atoms with Crippen LogP contribution in [0.25, 0.3) is 0 Å². The molecule has 0 bridgehead atoms. The van der Waals surface area contributed by atoms with Gasteiger partial charge in [0.15, 0.2) is 0 Å². The minimum absolute atomic E-state index is 0.0130. The Balaban J connectivity index is 2.16. The molecule has 1 fully saturated rings. The number of aromatic nitrogens is 1. The SMILES string of the molecule is Cc1cccnc1NC(C)(CN)C1CC1. The van der Waals surface area contributed by atoms with Crippen molar-refractivity contribution in [3.05, 3.63) is 23.9 Å². The Kier molecular flexibility index (Phi) is 2.65. The molecular formula is C12H19N3. The number of hydrogen-bond donors (Lipinski definition) is 2. The van der Waals surface area contributed by atoms with Crippen molar-refractivity contribution in [1.29, 1.82) is 0 Å². The molecule has 1 atom stereocenters. The highest BCUT2D eigenvalue weighted by molar-refractivity contribution is 5.45. The quantitative estimate of drug-likeness (QED) is 0.789. The summed E-state index contributed by atoms with van der Waals surface area (Å²) in [5.74, 6) is 1.68. The highest BCUT2D eigenvalue weighted by Crippen LogP contribution is 2.40. The van der Waals surface area contributed by atoms with Gasteiger partial charge in [0.05, 0.1) is 5.54 Å². The summed E-state index contributed by atoms with van der Waals surface area (Å²) >= 11 is 0. The lowest BCUT2D eigenvalue weighted by atomic mass is 9.96. The minimum Gasteiger partial charge on any atom is -0.363 e. The maximum atomic E-state index is 5.86. The van der Waals surface area contributed by atoms with E-state index in [0.29, 0.717) is 12.5 Å². The largest absolute Gasteiger partial charge is 0.363 e. The van der Waals surface area contributed by atoms with Gasteiger partial charge >= 0.3 is 0 Å². The van der Waals surface area contributed by atoms with Crippen molar-refractivity contribution < 1.29 is 0 Å². The van der Waals surface area contributed by atoms with E-state index < -0.39 is 0 Å². The molecule has 3 N–H and O–H groups in total. The Labute approximate surface area is 91.1 Å². The average molecular weight is 205 g/mol. The summed E-state index contributed by atoms with van der Waals surface area (Å²) in [5.41, 5.74) is 7.05. The smallest absolute Gasteiger partial charge is 0.129 e. The Bertz CT molecular complexity index is 346. The average Bonchev–Trinajstić information content (AvgIpc) is 3.05. The summed E-state index contributed by atoms with van der Waals surface area (Å²) < 4.78 is 0. The van der Waals surface area contributed by atoms with Crippen molar-refractivity contribution in [2.24, 2.45) is 11.7 Å². The molecule has 15 heavy (non-hydrogen) atoms. The minimum atomic E-state index is 0.0130. The molecule has 0 amide bonds. The van der Waals surface area contributed by atoms with Crippen LogP contribution < -0.4 is 11.1 Å². The zero-order valence-corrected chi connectivity index (χ0v) is 9.46. The van der Waals surface area contributed by atoms with Crippen LogP contribution in [0.5, 0.6) is 0 Å². The van der Waals surface area contributed by atoms with E-state index in [0.717, 1.165) is 5.82 Å². The van der Waals surface area contributed by atoms with E-state index in [1.54, 1.807) is 0 Å². The number of nitrogens with two attached hydrogens (primary N) is 1. The number of anilines is 1. The van der Waals surface area contributed by atoms with Crippen molar-refractivity contribution in [3.63, 3.8) is 0 Å². The van der Waals surface area contributed by atoms with Gasteiger partial charge in [-0.2, -0.15) is 0 Å². The molecule has 1 aromatic heterocycles. The van der Waals surface area contributed by atoms with Gasteiger partial charge in [-0.05, 0) is 44.2 Å². The van der Waals surface area contributed by atoms with E-state index in [9.17, 15) is 0 Å². The van der Waals surface area contributed by atoms with Crippen molar-refractivity contribution in [2.45, 2.75) is 32.2 Å². The predicted molar refractivity (Wildman–Crippen MR) is 62.8 cm³/mol. The molecular weight excluding hydrogens is 186 g/mol. The fraction of sp³-hybridized carbons (Fsp3) is 0.583. The Morgan fingerprint density at radius 2 is 2.33 bits per heavy atom. The molecule has 1 saturated carbocycles. The fourth-order valence-electron chi connectivity index (χ4n) is 1.93. The first-order chi connectivity index (χ1) is 7.15. The lowest BCUT2D eigenvalue weighted by Crippen LogP contribution is -2.45.